The van der Waals surface area contributed by atoms with Gasteiger partial charge in [-0.05, 0) is 29.8 Å². The molecule has 0 saturated carbocycles. The van der Waals surface area contributed by atoms with Crippen LogP contribution < -0.4 is 19.3 Å². The van der Waals surface area contributed by atoms with E-state index in [1.165, 1.54) is 26.4 Å². The zero-order valence-corrected chi connectivity index (χ0v) is 14.8. The highest BCUT2D eigenvalue weighted by molar-refractivity contribution is 7.46. The first-order valence-corrected chi connectivity index (χ1v) is 8.98. The second-order valence-electron chi connectivity index (χ2n) is 5.42. The summed E-state index contributed by atoms with van der Waals surface area (Å²) < 4.78 is 25.8. The fourth-order valence-electron chi connectivity index (χ4n) is 2.59. The van der Waals surface area contributed by atoms with E-state index in [-0.39, 0.29) is 11.7 Å². The lowest BCUT2D eigenvalue weighted by Crippen LogP contribution is -2.03. The van der Waals surface area contributed by atoms with Gasteiger partial charge in [0.15, 0.2) is 11.5 Å². The van der Waals surface area contributed by atoms with Crippen molar-refractivity contribution in [2.75, 3.05) is 19.5 Å². The van der Waals surface area contributed by atoms with Crippen molar-refractivity contribution >= 4 is 31.1 Å². The van der Waals surface area contributed by atoms with Crippen molar-refractivity contribution in [3.8, 4) is 17.2 Å². The Morgan fingerprint density at radius 3 is 2.23 bits per heavy atom. The van der Waals surface area contributed by atoms with Crippen LogP contribution in [0.25, 0.3) is 11.6 Å². The molecular weight excluding hydrogens is 361 g/mol. The summed E-state index contributed by atoms with van der Waals surface area (Å²) in [4.78, 5) is 29.9. The van der Waals surface area contributed by atoms with Gasteiger partial charge in [-0.3, -0.25) is 14.6 Å². The average Bonchev–Trinajstić information content (AvgIpc) is 2.88. The molecular formula is C17H16NO7P. The monoisotopic (exact) mass is 377 g/mol. The largest absolute Gasteiger partial charge is 0.524 e. The molecule has 9 heteroatoms. The fraction of sp³-hybridized carbons (Fsp3) is 0.118. The molecule has 0 bridgehead atoms. The standard InChI is InChI=1S/C17H16NO7P/c1-23-15-8-12-13(17(19)18-14(12)9-16(15)24-2)7-10-3-5-11(6-4-10)25-26(20,21)22/h3-9H,1-2H3,(H,18,19)(H2,20,21,22)/b13-7+. The van der Waals surface area contributed by atoms with Crippen LogP contribution in [-0.4, -0.2) is 29.9 Å². The van der Waals surface area contributed by atoms with Crippen molar-refractivity contribution in [3.63, 3.8) is 0 Å². The quantitative estimate of drug-likeness (QED) is 0.542. The van der Waals surface area contributed by atoms with E-state index >= 15 is 0 Å². The number of methoxy groups -OCH3 is 2. The Bertz CT molecular complexity index is 931. The third-order valence-corrected chi connectivity index (χ3v) is 4.17. The molecule has 1 aliphatic rings. The summed E-state index contributed by atoms with van der Waals surface area (Å²) in [6.45, 7) is 0. The number of carbonyl (C=O) groups excluding carboxylic acids is 1. The predicted molar refractivity (Wildman–Crippen MR) is 95.2 cm³/mol. The van der Waals surface area contributed by atoms with Crippen LogP contribution in [0.15, 0.2) is 36.4 Å². The van der Waals surface area contributed by atoms with E-state index in [1.807, 2.05) is 0 Å². The maximum atomic E-state index is 12.3. The highest BCUT2D eigenvalue weighted by Crippen LogP contribution is 2.41. The zero-order valence-electron chi connectivity index (χ0n) is 13.9. The van der Waals surface area contributed by atoms with Crippen LogP contribution in [-0.2, 0) is 9.36 Å². The molecule has 3 N–H and O–H groups in total. The third kappa shape index (κ3) is 3.72. The van der Waals surface area contributed by atoms with E-state index in [1.54, 1.807) is 30.3 Å². The minimum atomic E-state index is -4.61. The number of anilines is 1. The second-order valence-corrected chi connectivity index (χ2v) is 6.58. The summed E-state index contributed by atoms with van der Waals surface area (Å²) in [5.41, 5.74) is 2.38. The number of hydrogen-bond acceptors (Lipinski definition) is 5. The maximum absolute atomic E-state index is 12.3. The van der Waals surface area contributed by atoms with E-state index in [4.69, 9.17) is 19.3 Å². The molecule has 0 spiro atoms. The van der Waals surface area contributed by atoms with Gasteiger partial charge in [0, 0.05) is 17.2 Å². The van der Waals surface area contributed by atoms with E-state index in [2.05, 4.69) is 9.84 Å². The van der Waals surface area contributed by atoms with E-state index in [0.29, 0.717) is 33.9 Å². The van der Waals surface area contributed by atoms with E-state index in [0.717, 1.165) is 0 Å². The number of fused-ring (bicyclic) bond motifs is 1. The molecule has 136 valence electrons. The topological polar surface area (TPSA) is 114 Å². The molecule has 0 aromatic heterocycles. The van der Waals surface area contributed by atoms with Gasteiger partial charge < -0.3 is 19.3 Å². The van der Waals surface area contributed by atoms with Gasteiger partial charge in [-0.25, -0.2) is 4.57 Å². The van der Waals surface area contributed by atoms with Crippen LogP contribution in [0.5, 0.6) is 17.2 Å². The number of ether oxygens (including phenoxy) is 2. The Labute approximate surface area is 149 Å². The van der Waals surface area contributed by atoms with Crippen molar-refractivity contribution < 1.29 is 33.1 Å². The lowest BCUT2D eigenvalue weighted by atomic mass is 10.0. The third-order valence-electron chi connectivity index (χ3n) is 3.72. The SMILES string of the molecule is COc1cc2c(cc1OC)/C(=C\c1ccc(OP(=O)(O)O)cc1)C(=O)N2. The number of phosphoric acid groups is 1. The van der Waals surface area contributed by atoms with Gasteiger partial charge in [-0.1, -0.05) is 12.1 Å². The molecule has 1 heterocycles. The van der Waals surface area contributed by atoms with Crippen molar-refractivity contribution in [1.29, 1.82) is 0 Å². The number of amides is 1. The first kappa shape index (κ1) is 18.0. The summed E-state index contributed by atoms with van der Waals surface area (Å²) in [6.07, 6.45) is 1.66. The molecule has 0 atom stereocenters. The smallest absolute Gasteiger partial charge is 0.493 e. The van der Waals surface area contributed by atoms with Gasteiger partial charge in [0.05, 0.1) is 19.9 Å². The minimum Gasteiger partial charge on any atom is -0.493 e. The average molecular weight is 377 g/mol. The van der Waals surface area contributed by atoms with Crippen LogP contribution in [0.3, 0.4) is 0 Å². The normalized spacial score (nSPS) is 14.8. The number of carbonyl (C=O) groups is 1. The van der Waals surface area contributed by atoms with Crippen LogP contribution in [0.4, 0.5) is 5.69 Å². The number of nitrogens with one attached hydrogen (secondary N) is 1. The number of rotatable bonds is 5. The molecule has 3 rings (SSSR count). The predicted octanol–water partition coefficient (Wildman–Crippen LogP) is 2.67. The van der Waals surface area contributed by atoms with Crippen molar-refractivity contribution in [2.24, 2.45) is 0 Å². The first-order valence-electron chi connectivity index (χ1n) is 7.45. The Morgan fingerprint density at radius 2 is 1.65 bits per heavy atom. The first-order chi connectivity index (χ1) is 12.3. The van der Waals surface area contributed by atoms with Crippen molar-refractivity contribution in [2.45, 2.75) is 0 Å². The summed E-state index contributed by atoms with van der Waals surface area (Å²) in [5.74, 6) is 0.764. The summed E-state index contributed by atoms with van der Waals surface area (Å²) in [7, 11) is -1.58. The Balaban J connectivity index is 1.95. The maximum Gasteiger partial charge on any atom is 0.524 e. The number of phosphoric ester groups is 1. The molecule has 2 aromatic rings. The van der Waals surface area contributed by atoms with Crippen LogP contribution in [0.1, 0.15) is 11.1 Å². The molecule has 0 saturated heterocycles. The van der Waals surface area contributed by atoms with Gasteiger partial charge in [0.1, 0.15) is 5.75 Å². The molecule has 0 radical (unpaired) electrons. The molecule has 2 aromatic carbocycles. The molecule has 1 amide bonds. The number of hydrogen-bond donors (Lipinski definition) is 3. The second kappa shape index (κ2) is 6.84. The van der Waals surface area contributed by atoms with Crippen molar-refractivity contribution in [3.05, 3.63) is 47.5 Å². The van der Waals surface area contributed by atoms with Gasteiger partial charge in [-0.15, -0.1) is 0 Å². The molecule has 1 aliphatic heterocycles. The van der Waals surface area contributed by atoms with E-state index in [9.17, 15) is 9.36 Å². The summed E-state index contributed by atoms with van der Waals surface area (Å²) in [6, 6.07) is 9.39. The molecule has 0 aliphatic carbocycles. The van der Waals surface area contributed by atoms with Crippen LogP contribution >= 0.6 is 7.82 Å². The highest BCUT2D eigenvalue weighted by atomic mass is 31.2. The molecule has 26 heavy (non-hydrogen) atoms. The van der Waals surface area contributed by atoms with Gasteiger partial charge >= 0.3 is 7.82 Å². The Morgan fingerprint density at radius 1 is 1.04 bits per heavy atom. The molecule has 0 fully saturated rings. The highest BCUT2D eigenvalue weighted by Gasteiger charge is 2.26. The Hall–Kier alpha value is -2.80. The summed E-state index contributed by atoms with van der Waals surface area (Å²) >= 11 is 0. The van der Waals surface area contributed by atoms with Gasteiger partial charge in [-0.2, -0.15) is 0 Å². The lowest BCUT2D eigenvalue weighted by Gasteiger charge is -2.09. The molecule has 0 unspecified atom stereocenters. The van der Waals surface area contributed by atoms with Gasteiger partial charge in [0.2, 0.25) is 0 Å². The van der Waals surface area contributed by atoms with E-state index < -0.39 is 7.82 Å². The molecule has 8 nitrogen and oxygen atoms in total. The van der Waals surface area contributed by atoms with Crippen LogP contribution in [0, 0.1) is 0 Å². The number of benzene rings is 2. The summed E-state index contributed by atoms with van der Waals surface area (Å²) in [5, 5.41) is 2.77. The zero-order chi connectivity index (χ0) is 18.9. The minimum absolute atomic E-state index is 0.0307. The van der Waals surface area contributed by atoms with Gasteiger partial charge in [0.25, 0.3) is 5.91 Å². The van der Waals surface area contributed by atoms with Crippen molar-refractivity contribution in [1.82, 2.24) is 0 Å². The lowest BCUT2D eigenvalue weighted by molar-refractivity contribution is -0.110. The Kier molecular flexibility index (Phi) is 4.73. The fourth-order valence-corrected chi connectivity index (χ4v) is 2.99. The van der Waals surface area contributed by atoms with Crippen LogP contribution in [0.2, 0.25) is 0 Å².